The van der Waals surface area contributed by atoms with E-state index in [1.54, 1.807) is 36.4 Å². The van der Waals surface area contributed by atoms with E-state index in [1.807, 2.05) is 13.0 Å². The zero-order valence-electron chi connectivity index (χ0n) is 14.0. The number of carbonyl (C=O) groups is 2. The highest BCUT2D eigenvalue weighted by molar-refractivity contribution is 6.33. The predicted octanol–water partition coefficient (Wildman–Crippen LogP) is 3.57. The molecule has 0 radical (unpaired) electrons. The number of rotatable bonds is 5. The summed E-state index contributed by atoms with van der Waals surface area (Å²) in [6, 6.07) is 10.5. The van der Waals surface area contributed by atoms with Crippen molar-refractivity contribution in [2.45, 2.75) is 6.92 Å². The zero-order valence-corrected chi connectivity index (χ0v) is 14.7. The zero-order chi connectivity index (χ0) is 18.5. The van der Waals surface area contributed by atoms with Gasteiger partial charge in [-0.15, -0.1) is 0 Å². The van der Waals surface area contributed by atoms with Crippen molar-refractivity contribution in [2.24, 2.45) is 0 Å². The lowest BCUT2D eigenvalue weighted by molar-refractivity contribution is -0.142. The van der Waals surface area contributed by atoms with Gasteiger partial charge in [0.15, 0.2) is 18.1 Å². The number of anilines is 1. The van der Waals surface area contributed by atoms with Crippen LogP contribution in [-0.4, -0.2) is 25.3 Å². The van der Waals surface area contributed by atoms with Crippen molar-refractivity contribution in [1.29, 1.82) is 0 Å². The van der Waals surface area contributed by atoms with E-state index in [-0.39, 0.29) is 6.79 Å². The summed E-state index contributed by atoms with van der Waals surface area (Å²) in [5.41, 5.74) is 2.20. The van der Waals surface area contributed by atoms with Gasteiger partial charge in [-0.05, 0) is 48.4 Å². The standard InChI is InChI=1S/C19H16ClNO5/c1-12-2-5-15(14(20)8-12)21-18(22)10-24-19(23)7-4-13-3-6-16-17(9-13)26-11-25-16/h2-9H,10-11H2,1H3,(H,21,22)/b7-4+. The number of nitrogens with one attached hydrogen (secondary N) is 1. The number of hydrogen-bond acceptors (Lipinski definition) is 5. The predicted molar refractivity (Wildman–Crippen MR) is 97.4 cm³/mol. The maximum absolute atomic E-state index is 11.9. The van der Waals surface area contributed by atoms with Crippen LogP contribution in [0.3, 0.4) is 0 Å². The second kappa shape index (κ2) is 7.93. The molecule has 134 valence electrons. The van der Waals surface area contributed by atoms with Crippen molar-refractivity contribution in [3.8, 4) is 11.5 Å². The van der Waals surface area contributed by atoms with Gasteiger partial charge < -0.3 is 19.5 Å². The summed E-state index contributed by atoms with van der Waals surface area (Å²) < 4.78 is 15.4. The Morgan fingerprint density at radius 2 is 2.00 bits per heavy atom. The van der Waals surface area contributed by atoms with Crippen LogP contribution in [0, 0.1) is 6.92 Å². The maximum atomic E-state index is 11.9. The fourth-order valence-corrected chi connectivity index (χ4v) is 2.56. The molecular weight excluding hydrogens is 358 g/mol. The Morgan fingerprint density at radius 3 is 2.81 bits per heavy atom. The average molecular weight is 374 g/mol. The third kappa shape index (κ3) is 4.55. The van der Waals surface area contributed by atoms with Crippen LogP contribution in [0.5, 0.6) is 11.5 Å². The highest BCUT2D eigenvalue weighted by Gasteiger charge is 2.12. The summed E-state index contributed by atoms with van der Waals surface area (Å²) in [5, 5.41) is 3.02. The quantitative estimate of drug-likeness (QED) is 0.640. The number of halogens is 1. The molecule has 26 heavy (non-hydrogen) atoms. The molecular formula is C19H16ClNO5. The Labute approximate surface area is 155 Å². The fraction of sp³-hybridized carbons (Fsp3) is 0.158. The van der Waals surface area contributed by atoms with E-state index in [0.717, 1.165) is 11.1 Å². The van der Waals surface area contributed by atoms with Gasteiger partial charge in [0.2, 0.25) is 6.79 Å². The van der Waals surface area contributed by atoms with Crippen molar-refractivity contribution < 1.29 is 23.8 Å². The largest absolute Gasteiger partial charge is 0.454 e. The molecule has 0 unspecified atom stereocenters. The Balaban J connectivity index is 1.49. The molecule has 0 bridgehead atoms. The lowest BCUT2D eigenvalue weighted by Crippen LogP contribution is -2.20. The summed E-state index contributed by atoms with van der Waals surface area (Å²) in [5.74, 6) is 0.180. The van der Waals surface area contributed by atoms with Gasteiger partial charge in [-0.2, -0.15) is 0 Å². The molecule has 1 amide bonds. The van der Waals surface area contributed by atoms with Crippen molar-refractivity contribution in [3.63, 3.8) is 0 Å². The van der Waals surface area contributed by atoms with Gasteiger partial charge in [-0.3, -0.25) is 4.79 Å². The molecule has 1 aliphatic rings. The van der Waals surface area contributed by atoms with Crippen LogP contribution >= 0.6 is 11.6 Å². The van der Waals surface area contributed by atoms with Gasteiger partial charge in [0.25, 0.3) is 5.91 Å². The van der Waals surface area contributed by atoms with Crippen LogP contribution in [0.1, 0.15) is 11.1 Å². The first kappa shape index (κ1) is 17.8. The molecule has 0 aromatic heterocycles. The monoisotopic (exact) mass is 373 g/mol. The molecule has 0 saturated heterocycles. The molecule has 2 aromatic rings. The van der Waals surface area contributed by atoms with E-state index in [9.17, 15) is 9.59 Å². The summed E-state index contributed by atoms with van der Waals surface area (Å²) in [7, 11) is 0. The molecule has 0 saturated carbocycles. The van der Waals surface area contributed by atoms with Gasteiger partial charge in [-0.1, -0.05) is 23.7 Å². The molecule has 2 aromatic carbocycles. The number of hydrogen-bond donors (Lipinski definition) is 1. The Morgan fingerprint density at radius 1 is 1.19 bits per heavy atom. The van der Waals surface area contributed by atoms with Gasteiger partial charge in [0.05, 0.1) is 10.7 Å². The molecule has 0 spiro atoms. The van der Waals surface area contributed by atoms with Crippen LogP contribution in [0.2, 0.25) is 5.02 Å². The lowest BCUT2D eigenvalue weighted by atomic mass is 10.2. The second-order valence-corrected chi connectivity index (χ2v) is 5.99. The normalized spacial score (nSPS) is 12.2. The number of amides is 1. The number of carbonyl (C=O) groups excluding carboxylic acids is 2. The maximum Gasteiger partial charge on any atom is 0.331 e. The summed E-state index contributed by atoms with van der Waals surface area (Å²) in [4.78, 5) is 23.6. The Hall–Kier alpha value is -2.99. The Kier molecular flexibility index (Phi) is 5.43. The van der Waals surface area contributed by atoms with E-state index < -0.39 is 18.5 Å². The smallest absolute Gasteiger partial charge is 0.331 e. The number of ether oxygens (including phenoxy) is 3. The second-order valence-electron chi connectivity index (χ2n) is 5.59. The van der Waals surface area contributed by atoms with Gasteiger partial charge in [-0.25, -0.2) is 4.79 Å². The Bertz CT molecular complexity index is 878. The minimum atomic E-state index is -0.632. The van der Waals surface area contributed by atoms with Crippen LogP contribution in [0.4, 0.5) is 5.69 Å². The molecule has 1 aliphatic heterocycles. The number of aryl methyl sites for hydroxylation is 1. The summed E-state index contributed by atoms with van der Waals surface area (Å²) in [6.45, 7) is 1.67. The van der Waals surface area contributed by atoms with E-state index in [4.69, 9.17) is 25.8 Å². The van der Waals surface area contributed by atoms with Crippen LogP contribution in [-0.2, 0) is 14.3 Å². The third-order valence-electron chi connectivity index (χ3n) is 3.55. The molecule has 0 aliphatic carbocycles. The highest BCUT2D eigenvalue weighted by atomic mass is 35.5. The molecule has 3 rings (SSSR count). The molecule has 7 heteroatoms. The van der Waals surface area contributed by atoms with Crippen LogP contribution < -0.4 is 14.8 Å². The molecule has 0 fully saturated rings. The first-order chi connectivity index (χ1) is 12.5. The highest BCUT2D eigenvalue weighted by Crippen LogP contribution is 2.32. The van der Waals surface area contributed by atoms with E-state index in [2.05, 4.69) is 5.32 Å². The van der Waals surface area contributed by atoms with Crippen molar-refractivity contribution in [1.82, 2.24) is 0 Å². The van der Waals surface area contributed by atoms with Crippen LogP contribution in [0.25, 0.3) is 6.08 Å². The first-order valence-corrected chi connectivity index (χ1v) is 8.19. The first-order valence-electron chi connectivity index (χ1n) is 7.82. The minimum absolute atomic E-state index is 0.185. The van der Waals surface area contributed by atoms with Crippen molar-refractivity contribution >= 4 is 35.2 Å². The minimum Gasteiger partial charge on any atom is -0.454 e. The van der Waals surface area contributed by atoms with E-state index >= 15 is 0 Å². The average Bonchev–Trinajstić information content (AvgIpc) is 3.08. The van der Waals surface area contributed by atoms with Gasteiger partial charge in [0.1, 0.15) is 0 Å². The van der Waals surface area contributed by atoms with Gasteiger partial charge in [0, 0.05) is 6.08 Å². The molecule has 1 heterocycles. The number of fused-ring (bicyclic) bond motifs is 1. The van der Waals surface area contributed by atoms with Crippen LogP contribution in [0.15, 0.2) is 42.5 Å². The number of benzene rings is 2. The molecule has 6 nitrogen and oxygen atoms in total. The SMILES string of the molecule is Cc1ccc(NC(=O)COC(=O)/C=C/c2ccc3c(c2)OCO3)c(Cl)c1. The third-order valence-corrected chi connectivity index (χ3v) is 3.87. The molecule has 0 atom stereocenters. The topological polar surface area (TPSA) is 73.9 Å². The van der Waals surface area contributed by atoms with Gasteiger partial charge >= 0.3 is 5.97 Å². The van der Waals surface area contributed by atoms with E-state index in [1.165, 1.54) is 6.08 Å². The lowest BCUT2D eigenvalue weighted by Gasteiger charge is -2.07. The van der Waals surface area contributed by atoms with Crippen molar-refractivity contribution in [2.75, 3.05) is 18.7 Å². The fourth-order valence-electron chi connectivity index (χ4n) is 2.27. The number of esters is 1. The summed E-state index contributed by atoms with van der Waals surface area (Å²) in [6.07, 6.45) is 2.81. The summed E-state index contributed by atoms with van der Waals surface area (Å²) >= 11 is 6.04. The van der Waals surface area contributed by atoms with E-state index in [0.29, 0.717) is 22.2 Å². The molecule has 1 N–H and O–H groups in total. The van der Waals surface area contributed by atoms with Crippen molar-refractivity contribution in [3.05, 3.63) is 58.6 Å².